The molecule has 1 aromatic carbocycles. The van der Waals surface area contributed by atoms with Crippen LogP contribution in [0.25, 0.3) is 11.0 Å². The van der Waals surface area contributed by atoms with Gasteiger partial charge in [-0.05, 0) is 19.1 Å². The maximum Gasteiger partial charge on any atom is 0.275 e. The van der Waals surface area contributed by atoms with Crippen molar-refractivity contribution in [2.45, 2.75) is 13.0 Å². The summed E-state index contributed by atoms with van der Waals surface area (Å²) in [5.74, 6) is 0. The molecule has 0 radical (unpaired) electrons. The van der Waals surface area contributed by atoms with Crippen LogP contribution in [0, 0.1) is 0 Å². The van der Waals surface area contributed by atoms with E-state index in [9.17, 15) is 4.79 Å². The van der Waals surface area contributed by atoms with Crippen LogP contribution in [0.2, 0.25) is 0 Å². The number of aryl methyl sites for hydroxylation is 1. The smallest absolute Gasteiger partial charge is 0.275 e. The molecule has 0 N–H and O–H groups in total. The quantitative estimate of drug-likeness (QED) is 0.769. The van der Waals surface area contributed by atoms with Crippen LogP contribution < -0.4 is 5.56 Å². The number of hydrogen-bond donors (Lipinski definition) is 0. The zero-order valence-corrected chi connectivity index (χ0v) is 9.60. The Labute approximate surface area is 93.5 Å². The zero-order chi connectivity index (χ0) is 11.7. The molecule has 1 atom stereocenters. The normalized spacial score (nSPS) is 12.9. The summed E-state index contributed by atoms with van der Waals surface area (Å²) in [5, 5.41) is 0. The molecule has 84 valence electrons. The first-order valence-corrected chi connectivity index (χ1v) is 5.13. The van der Waals surface area contributed by atoms with Crippen molar-refractivity contribution in [3.8, 4) is 0 Å². The predicted molar refractivity (Wildman–Crippen MR) is 62.4 cm³/mol. The van der Waals surface area contributed by atoms with Crippen molar-refractivity contribution in [3.05, 3.63) is 40.3 Å². The number of benzene rings is 1. The van der Waals surface area contributed by atoms with Gasteiger partial charge >= 0.3 is 0 Å². The topological polar surface area (TPSA) is 44.1 Å². The summed E-state index contributed by atoms with van der Waals surface area (Å²) in [6, 6.07) is 7.57. The summed E-state index contributed by atoms with van der Waals surface area (Å²) in [4.78, 5) is 16.4. The second kappa shape index (κ2) is 4.06. The molecule has 0 spiro atoms. The molecule has 1 unspecified atom stereocenters. The van der Waals surface area contributed by atoms with E-state index in [4.69, 9.17) is 4.74 Å². The van der Waals surface area contributed by atoms with Gasteiger partial charge in [-0.25, -0.2) is 4.98 Å². The van der Waals surface area contributed by atoms with Crippen LogP contribution in [0.4, 0.5) is 0 Å². The van der Waals surface area contributed by atoms with Crippen LogP contribution in [-0.4, -0.2) is 16.7 Å². The van der Waals surface area contributed by atoms with Gasteiger partial charge in [0.05, 0.1) is 11.0 Å². The van der Waals surface area contributed by atoms with Gasteiger partial charge in [0.2, 0.25) is 0 Å². The largest absolute Gasteiger partial charge is 0.375 e. The first-order valence-electron chi connectivity index (χ1n) is 5.13. The van der Waals surface area contributed by atoms with Crippen molar-refractivity contribution in [2.24, 2.45) is 7.05 Å². The summed E-state index contributed by atoms with van der Waals surface area (Å²) in [7, 11) is 3.32. The molecular formula is C12H14N2O2. The summed E-state index contributed by atoms with van der Waals surface area (Å²) in [6.45, 7) is 1.82. The highest BCUT2D eigenvalue weighted by molar-refractivity contribution is 5.74. The van der Waals surface area contributed by atoms with E-state index in [0.29, 0.717) is 5.69 Å². The van der Waals surface area contributed by atoms with Crippen LogP contribution in [0.1, 0.15) is 18.7 Å². The second-order valence-corrected chi connectivity index (χ2v) is 3.73. The Bertz CT molecular complexity index is 575. The van der Waals surface area contributed by atoms with Gasteiger partial charge in [-0.2, -0.15) is 0 Å². The van der Waals surface area contributed by atoms with Crippen molar-refractivity contribution in [2.75, 3.05) is 7.11 Å². The number of aromatic nitrogens is 2. The monoisotopic (exact) mass is 218 g/mol. The second-order valence-electron chi connectivity index (χ2n) is 3.73. The summed E-state index contributed by atoms with van der Waals surface area (Å²) in [6.07, 6.45) is -0.289. The Morgan fingerprint density at radius 2 is 2.06 bits per heavy atom. The molecule has 16 heavy (non-hydrogen) atoms. The summed E-state index contributed by atoms with van der Waals surface area (Å²) < 4.78 is 6.75. The maximum absolute atomic E-state index is 12.0. The number of para-hydroxylation sites is 2. The summed E-state index contributed by atoms with van der Waals surface area (Å²) in [5.41, 5.74) is 1.99. The molecule has 0 saturated heterocycles. The molecule has 0 saturated carbocycles. The molecular weight excluding hydrogens is 204 g/mol. The predicted octanol–water partition coefficient (Wildman–Crippen LogP) is 1.64. The van der Waals surface area contributed by atoms with Gasteiger partial charge in [-0.15, -0.1) is 0 Å². The van der Waals surface area contributed by atoms with Crippen molar-refractivity contribution >= 4 is 11.0 Å². The fourth-order valence-corrected chi connectivity index (χ4v) is 1.68. The highest BCUT2D eigenvalue weighted by Gasteiger charge is 2.13. The number of rotatable bonds is 2. The van der Waals surface area contributed by atoms with Gasteiger partial charge in [0.1, 0.15) is 11.8 Å². The van der Waals surface area contributed by atoms with E-state index in [-0.39, 0.29) is 11.7 Å². The summed E-state index contributed by atoms with van der Waals surface area (Å²) >= 11 is 0. The molecule has 0 bridgehead atoms. The lowest BCUT2D eigenvalue weighted by Gasteiger charge is -2.11. The van der Waals surface area contributed by atoms with Crippen molar-refractivity contribution in [1.82, 2.24) is 9.55 Å². The average molecular weight is 218 g/mol. The van der Waals surface area contributed by atoms with Crippen LogP contribution >= 0.6 is 0 Å². The Morgan fingerprint density at radius 3 is 2.75 bits per heavy atom. The fraction of sp³-hybridized carbons (Fsp3) is 0.333. The van der Waals surface area contributed by atoms with Gasteiger partial charge in [-0.1, -0.05) is 12.1 Å². The number of methoxy groups -OCH3 is 1. The molecule has 2 rings (SSSR count). The van der Waals surface area contributed by atoms with E-state index in [2.05, 4.69) is 4.98 Å². The third-order valence-electron chi connectivity index (χ3n) is 2.75. The van der Waals surface area contributed by atoms with Gasteiger partial charge in [0, 0.05) is 14.2 Å². The van der Waals surface area contributed by atoms with Crippen molar-refractivity contribution in [1.29, 1.82) is 0 Å². The molecule has 0 aliphatic rings. The first kappa shape index (κ1) is 10.8. The van der Waals surface area contributed by atoms with Gasteiger partial charge in [0.25, 0.3) is 5.56 Å². The van der Waals surface area contributed by atoms with E-state index in [1.165, 1.54) is 0 Å². The molecule has 4 nitrogen and oxygen atoms in total. The minimum Gasteiger partial charge on any atom is -0.375 e. The van der Waals surface area contributed by atoms with E-state index in [1.54, 1.807) is 18.7 Å². The zero-order valence-electron chi connectivity index (χ0n) is 9.60. The van der Waals surface area contributed by atoms with Gasteiger partial charge in [-0.3, -0.25) is 4.79 Å². The van der Waals surface area contributed by atoms with E-state index in [0.717, 1.165) is 11.0 Å². The Hall–Kier alpha value is -1.68. The van der Waals surface area contributed by atoms with Crippen LogP contribution in [0.5, 0.6) is 0 Å². The standard InChI is InChI=1S/C12H14N2O2/c1-8(16-3)11-12(15)14(2)10-7-5-4-6-9(10)13-11/h4-8H,1-3H3. The van der Waals surface area contributed by atoms with Crippen LogP contribution in [0.15, 0.2) is 29.1 Å². The van der Waals surface area contributed by atoms with Gasteiger partial charge < -0.3 is 9.30 Å². The molecule has 0 aliphatic carbocycles. The Kier molecular flexibility index (Phi) is 2.75. The van der Waals surface area contributed by atoms with Crippen molar-refractivity contribution < 1.29 is 4.74 Å². The minimum atomic E-state index is -0.289. The Morgan fingerprint density at radius 1 is 1.38 bits per heavy atom. The van der Waals surface area contributed by atoms with Crippen LogP contribution in [-0.2, 0) is 11.8 Å². The lowest BCUT2D eigenvalue weighted by molar-refractivity contribution is 0.114. The third-order valence-corrected chi connectivity index (χ3v) is 2.75. The molecule has 2 aromatic rings. The number of nitrogens with zero attached hydrogens (tertiary/aromatic N) is 2. The first-order chi connectivity index (χ1) is 7.65. The number of hydrogen-bond acceptors (Lipinski definition) is 3. The third kappa shape index (κ3) is 1.61. The van der Waals surface area contributed by atoms with E-state index in [1.807, 2.05) is 31.2 Å². The van der Waals surface area contributed by atoms with Gasteiger partial charge in [0.15, 0.2) is 0 Å². The van der Waals surface area contributed by atoms with E-state index >= 15 is 0 Å². The fourth-order valence-electron chi connectivity index (χ4n) is 1.68. The molecule has 4 heteroatoms. The molecule has 0 amide bonds. The average Bonchev–Trinajstić information content (AvgIpc) is 2.33. The molecule has 1 aromatic heterocycles. The lowest BCUT2D eigenvalue weighted by Crippen LogP contribution is -2.25. The lowest BCUT2D eigenvalue weighted by atomic mass is 10.2. The molecule has 0 aliphatic heterocycles. The highest BCUT2D eigenvalue weighted by atomic mass is 16.5. The maximum atomic E-state index is 12.0. The number of ether oxygens (including phenoxy) is 1. The van der Waals surface area contributed by atoms with E-state index < -0.39 is 0 Å². The number of fused-ring (bicyclic) bond motifs is 1. The van der Waals surface area contributed by atoms with Crippen molar-refractivity contribution in [3.63, 3.8) is 0 Å². The highest BCUT2D eigenvalue weighted by Crippen LogP contribution is 2.13. The SMILES string of the molecule is COC(C)c1nc2ccccc2n(C)c1=O. The Balaban J connectivity index is 2.79. The molecule has 1 heterocycles. The minimum absolute atomic E-state index is 0.104. The van der Waals surface area contributed by atoms with Crippen LogP contribution in [0.3, 0.4) is 0 Å². The molecule has 0 fully saturated rings.